The van der Waals surface area contributed by atoms with Crippen molar-refractivity contribution in [3.05, 3.63) is 58.6 Å². The molecule has 0 aliphatic carbocycles. The first-order valence-corrected chi connectivity index (χ1v) is 9.97. The van der Waals surface area contributed by atoms with Gasteiger partial charge in [-0.25, -0.2) is 13.6 Å². The molecule has 0 aliphatic heterocycles. The van der Waals surface area contributed by atoms with Crippen LogP contribution in [0.3, 0.4) is 0 Å². The van der Waals surface area contributed by atoms with Crippen LogP contribution in [-0.2, 0) is 10.0 Å². The summed E-state index contributed by atoms with van der Waals surface area (Å²) in [5.74, 6) is -0.227. The lowest BCUT2D eigenvalue weighted by atomic mass is 10.1. The molecule has 2 aromatic carbocycles. The van der Waals surface area contributed by atoms with Crippen LogP contribution in [0.2, 0.25) is 5.02 Å². The molecule has 2 rings (SSSR count). The minimum absolute atomic E-state index is 0.0840. The van der Waals surface area contributed by atoms with Gasteiger partial charge in [-0.05, 0) is 43.9 Å². The third-order valence-corrected chi connectivity index (χ3v) is 5.34. The molecule has 1 amide bonds. The zero-order valence-corrected chi connectivity index (χ0v) is 16.8. The summed E-state index contributed by atoms with van der Waals surface area (Å²) < 4.78 is 28.3. The number of nitrogens with one attached hydrogen (secondary N) is 1. The molecular formula is C18H22ClN3O4S. The number of carbonyl (C=O) groups excluding carboxylic acids is 1. The first-order chi connectivity index (χ1) is 12.6. The highest BCUT2D eigenvalue weighted by molar-refractivity contribution is 7.89. The molecule has 0 fully saturated rings. The van der Waals surface area contributed by atoms with E-state index in [0.717, 1.165) is 5.56 Å². The molecule has 27 heavy (non-hydrogen) atoms. The number of primary sulfonamides is 1. The van der Waals surface area contributed by atoms with E-state index < -0.39 is 15.9 Å². The van der Waals surface area contributed by atoms with Crippen LogP contribution in [0.4, 0.5) is 0 Å². The van der Waals surface area contributed by atoms with Gasteiger partial charge in [-0.15, -0.1) is 0 Å². The average Bonchev–Trinajstić information content (AvgIpc) is 2.61. The fraction of sp³-hybridized carbons (Fsp3) is 0.278. The topological polar surface area (TPSA) is 102 Å². The van der Waals surface area contributed by atoms with Gasteiger partial charge in [-0.3, -0.25) is 4.79 Å². The molecule has 3 N–H and O–H groups in total. The Morgan fingerprint density at radius 2 is 1.93 bits per heavy atom. The highest BCUT2D eigenvalue weighted by atomic mass is 35.5. The molecule has 0 unspecified atom stereocenters. The van der Waals surface area contributed by atoms with Crippen LogP contribution in [0.1, 0.15) is 22.0 Å². The van der Waals surface area contributed by atoms with E-state index in [2.05, 4.69) is 5.32 Å². The first-order valence-electron chi connectivity index (χ1n) is 8.05. The van der Waals surface area contributed by atoms with Gasteiger partial charge < -0.3 is 15.0 Å². The monoisotopic (exact) mass is 411 g/mol. The van der Waals surface area contributed by atoms with Crippen molar-refractivity contribution in [2.24, 2.45) is 5.14 Å². The molecule has 0 saturated carbocycles. The van der Waals surface area contributed by atoms with E-state index in [9.17, 15) is 13.2 Å². The van der Waals surface area contributed by atoms with Crippen LogP contribution in [0.5, 0.6) is 5.75 Å². The van der Waals surface area contributed by atoms with Gasteiger partial charge in [0, 0.05) is 11.6 Å². The number of hydrogen-bond donors (Lipinski definition) is 2. The van der Waals surface area contributed by atoms with E-state index in [1.54, 1.807) is 6.07 Å². The van der Waals surface area contributed by atoms with E-state index in [1.807, 2.05) is 37.2 Å². The Bertz CT molecular complexity index is 932. The zero-order chi connectivity index (χ0) is 20.2. The number of likely N-dealkylation sites (N-methyl/N-ethyl adjacent to an activating group) is 1. The van der Waals surface area contributed by atoms with Crippen LogP contribution in [0, 0.1) is 0 Å². The van der Waals surface area contributed by atoms with Crippen molar-refractivity contribution in [1.29, 1.82) is 0 Å². The van der Waals surface area contributed by atoms with Gasteiger partial charge in [0.2, 0.25) is 10.0 Å². The van der Waals surface area contributed by atoms with E-state index in [-0.39, 0.29) is 28.8 Å². The number of sulfonamides is 1. The summed E-state index contributed by atoms with van der Waals surface area (Å²) in [5.41, 5.74) is 0.954. The van der Waals surface area contributed by atoms with Crippen LogP contribution in [0.25, 0.3) is 0 Å². The second-order valence-electron chi connectivity index (χ2n) is 6.12. The molecular weight excluding hydrogens is 390 g/mol. The molecule has 0 spiro atoms. The molecule has 0 saturated heterocycles. The second kappa shape index (κ2) is 8.71. The molecule has 146 valence electrons. The van der Waals surface area contributed by atoms with Crippen LogP contribution < -0.4 is 15.2 Å². The molecule has 0 bridgehead atoms. The van der Waals surface area contributed by atoms with E-state index in [1.165, 1.54) is 25.3 Å². The first kappa shape index (κ1) is 21.2. The predicted molar refractivity (Wildman–Crippen MR) is 105 cm³/mol. The number of halogens is 1. The smallest absolute Gasteiger partial charge is 0.255 e. The molecule has 0 aliphatic rings. The maximum atomic E-state index is 12.7. The maximum Gasteiger partial charge on any atom is 0.255 e. The van der Waals surface area contributed by atoms with Crippen molar-refractivity contribution in [2.45, 2.75) is 10.9 Å². The second-order valence-corrected chi connectivity index (χ2v) is 8.09. The van der Waals surface area contributed by atoms with Crippen molar-refractivity contribution < 1.29 is 17.9 Å². The summed E-state index contributed by atoms with van der Waals surface area (Å²) in [6.45, 7) is 0.262. The predicted octanol–water partition coefficient (Wildman–Crippen LogP) is 2.03. The summed E-state index contributed by atoms with van der Waals surface area (Å²) in [4.78, 5) is 14.4. The number of amides is 1. The molecule has 9 heteroatoms. The SMILES string of the molecule is COc1ccc(S(N)(=O)=O)cc1C(=O)NC[C@H](c1ccccc1Cl)N(C)C. The molecule has 0 aromatic heterocycles. The van der Waals surface area contributed by atoms with Gasteiger partial charge in [0.1, 0.15) is 5.75 Å². The molecule has 7 nitrogen and oxygen atoms in total. The number of carbonyl (C=O) groups is 1. The minimum Gasteiger partial charge on any atom is -0.496 e. The van der Waals surface area contributed by atoms with Crippen LogP contribution >= 0.6 is 11.6 Å². The summed E-state index contributed by atoms with van der Waals surface area (Å²) >= 11 is 6.27. The quantitative estimate of drug-likeness (QED) is 0.725. The van der Waals surface area contributed by atoms with Crippen molar-refractivity contribution >= 4 is 27.5 Å². The number of ether oxygens (including phenoxy) is 1. The van der Waals surface area contributed by atoms with Gasteiger partial charge in [-0.1, -0.05) is 29.8 Å². The number of rotatable bonds is 7. The van der Waals surface area contributed by atoms with Crippen molar-refractivity contribution in [3.8, 4) is 5.75 Å². The minimum atomic E-state index is -3.94. The van der Waals surface area contributed by atoms with Crippen molar-refractivity contribution in [1.82, 2.24) is 10.2 Å². The Kier molecular flexibility index (Phi) is 6.83. The average molecular weight is 412 g/mol. The Labute approximate surface area is 164 Å². The summed E-state index contributed by atoms with van der Waals surface area (Å²) in [6.07, 6.45) is 0. The molecule has 0 radical (unpaired) electrons. The van der Waals surface area contributed by atoms with Gasteiger partial charge in [0.15, 0.2) is 0 Å². The molecule has 0 heterocycles. The Balaban J connectivity index is 2.27. The molecule has 2 aromatic rings. The fourth-order valence-electron chi connectivity index (χ4n) is 2.64. The highest BCUT2D eigenvalue weighted by Crippen LogP contribution is 2.26. The van der Waals surface area contributed by atoms with E-state index >= 15 is 0 Å². The van der Waals surface area contributed by atoms with Crippen LogP contribution in [-0.4, -0.2) is 47.0 Å². The maximum absolute atomic E-state index is 12.7. The van der Waals surface area contributed by atoms with Gasteiger partial charge in [0.05, 0.1) is 23.6 Å². The van der Waals surface area contributed by atoms with Gasteiger partial charge in [-0.2, -0.15) is 0 Å². The summed E-state index contributed by atoms with van der Waals surface area (Å²) in [5, 5.41) is 8.55. The lowest BCUT2D eigenvalue weighted by Gasteiger charge is -2.26. The van der Waals surface area contributed by atoms with Crippen molar-refractivity contribution in [3.63, 3.8) is 0 Å². The number of nitrogens with zero attached hydrogens (tertiary/aromatic N) is 1. The number of benzene rings is 2. The molecule has 1 atom stereocenters. The number of hydrogen-bond acceptors (Lipinski definition) is 5. The lowest BCUT2D eigenvalue weighted by Crippen LogP contribution is -2.35. The van der Waals surface area contributed by atoms with Crippen molar-refractivity contribution in [2.75, 3.05) is 27.7 Å². The Hall–Kier alpha value is -2.13. The standard InChI is InChI=1S/C18H22ClN3O4S/c1-22(2)16(13-6-4-5-7-15(13)19)11-21-18(23)14-10-12(27(20,24)25)8-9-17(14)26-3/h4-10,16H,11H2,1-3H3,(H,21,23)(H2,20,24,25)/t16-/m1/s1. The van der Waals surface area contributed by atoms with Gasteiger partial charge >= 0.3 is 0 Å². The zero-order valence-electron chi connectivity index (χ0n) is 15.3. The number of nitrogens with two attached hydrogens (primary N) is 1. The van der Waals surface area contributed by atoms with E-state index in [0.29, 0.717) is 5.02 Å². The largest absolute Gasteiger partial charge is 0.496 e. The highest BCUT2D eigenvalue weighted by Gasteiger charge is 2.21. The third-order valence-electron chi connectivity index (χ3n) is 4.09. The van der Waals surface area contributed by atoms with Gasteiger partial charge in [0.25, 0.3) is 5.91 Å². The number of methoxy groups -OCH3 is 1. The third kappa shape index (κ3) is 5.20. The fourth-order valence-corrected chi connectivity index (χ4v) is 3.44. The summed E-state index contributed by atoms with van der Waals surface area (Å²) in [6, 6.07) is 11.1. The van der Waals surface area contributed by atoms with Crippen LogP contribution in [0.15, 0.2) is 47.4 Å². The van der Waals surface area contributed by atoms with E-state index in [4.69, 9.17) is 21.5 Å². The lowest BCUT2D eigenvalue weighted by molar-refractivity contribution is 0.0938. The normalized spacial score (nSPS) is 12.7. The Morgan fingerprint density at radius 3 is 2.48 bits per heavy atom. The summed E-state index contributed by atoms with van der Waals surface area (Å²) in [7, 11) is 1.21. The Morgan fingerprint density at radius 1 is 1.26 bits per heavy atom.